The molecule has 0 spiro atoms. The van der Waals surface area contributed by atoms with Gasteiger partial charge in [0.1, 0.15) is 6.17 Å². The summed E-state index contributed by atoms with van der Waals surface area (Å²) in [5, 5.41) is 10.7. The Bertz CT molecular complexity index is 1290. The number of benzene rings is 2. The van der Waals surface area contributed by atoms with Gasteiger partial charge in [0.05, 0.1) is 16.7 Å². The zero-order valence-corrected chi connectivity index (χ0v) is 24.1. The molecule has 4 rings (SSSR count). The molecule has 1 saturated heterocycles. The van der Waals surface area contributed by atoms with Crippen LogP contribution in [0.3, 0.4) is 0 Å². The van der Waals surface area contributed by atoms with E-state index in [0.717, 1.165) is 12.1 Å². The highest BCUT2D eigenvalue weighted by molar-refractivity contribution is 5.37. The van der Waals surface area contributed by atoms with E-state index in [9.17, 15) is 43.9 Å². The lowest BCUT2D eigenvalue weighted by atomic mass is 9.92. The van der Waals surface area contributed by atoms with Crippen LogP contribution in [0.1, 0.15) is 65.6 Å². The first-order valence-electron chi connectivity index (χ1n) is 13.9. The molecule has 244 valence electrons. The number of nitrogens with zero attached hydrogens (tertiary/aromatic N) is 6. The highest BCUT2D eigenvalue weighted by Gasteiger charge is 2.39. The molecular weight excluding hydrogens is 610 g/mol. The van der Waals surface area contributed by atoms with Crippen molar-refractivity contribution in [2.24, 2.45) is 10.3 Å². The van der Waals surface area contributed by atoms with E-state index in [1.807, 2.05) is 11.8 Å². The minimum absolute atomic E-state index is 0.0143. The van der Waals surface area contributed by atoms with Crippen LogP contribution in [0.2, 0.25) is 0 Å². The predicted octanol–water partition coefficient (Wildman–Crippen LogP) is 8.07. The van der Waals surface area contributed by atoms with Gasteiger partial charge >= 0.3 is 18.5 Å². The SMILES string of the molecule is CCC(c1ccc(C(F)(F)F)cc1CN(Cc1cc(C(F)(F)F)cc(C(F)(F)F)c1)C1N=NN(C)N1C)N1CCC(F)CC1. The summed E-state index contributed by atoms with van der Waals surface area (Å²) in [6, 6.07) is 3.99. The molecule has 2 heterocycles. The summed E-state index contributed by atoms with van der Waals surface area (Å²) < 4.78 is 137. The van der Waals surface area contributed by atoms with E-state index in [1.165, 1.54) is 35.2 Å². The number of piperidine rings is 1. The Kier molecular flexibility index (Phi) is 9.86. The molecule has 0 radical (unpaired) electrons. The number of hydrogen-bond donors (Lipinski definition) is 0. The summed E-state index contributed by atoms with van der Waals surface area (Å²) in [7, 11) is 3.03. The third-order valence-electron chi connectivity index (χ3n) is 7.92. The lowest BCUT2D eigenvalue weighted by molar-refractivity contribution is -0.143. The second-order valence-electron chi connectivity index (χ2n) is 11.0. The molecule has 6 nitrogen and oxygen atoms in total. The van der Waals surface area contributed by atoms with Gasteiger partial charge in [-0.15, -0.1) is 5.11 Å². The first kappa shape index (κ1) is 33.9. The van der Waals surface area contributed by atoms with Gasteiger partial charge in [0.15, 0.2) is 6.29 Å². The van der Waals surface area contributed by atoms with E-state index < -0.39 is 60.3 Å². The summed E-state index contributed by atoms with van der Waals surface area (Å²) in [4.78, 5) is 3.34. The second kappa shape index (κ2) is 12.8. The van der Waals surface area contributed by atoms with Crippen LogP contribution in [0.5, 0.6) is 0 Å². The van der Waals surface area contributed by atoms with Gasteiger partial charge in [0.25, 0.3) is 0 Å². The van der Waals surface area contributed by atoms with Crippen molar-refractivity contribution in [2.75, 3.05) is 27.2 Å². The Balaban J connectivity index is 1.80. The third kappa shape index (κ3) is 7.80. The Labute approximate surface area is 247 Å². The van der Waals surface area contributed by atoms with Crippen LogP contribution < -0.4 is 0 Å². The zero-order valence-electron chi connectivity index (χ0n) is 24.1. The summed E-state index contributed by atoms with van der Waals surface area (Å²) >= 11 is 0. The molecule has 2 unspecified atom stereocenters. The van der Waals surface area contributed by atoms with Crippen LogP contribution in [-0.4, -0.2) is 59.6 Å². The summed E-state index contributed by atoms with van der Waals surface area (Å²) in [5.74, 6) is 0. The van der Waals surface area contributed by atoms with Crippen molar-refractivity contribution >= 4 is 0 Å². The first-order chi connectivity index (χ1) is 20.4. The van der Waals surface area contributed by atoms with Crippen LogP contribution in [0, 0.1) is 0 Å². The quantitative estimate of drug-likeness (QED) is 0.273. The number of rotatable bonds is 8. The maximum Gasteiger partial charge on any atom is 0.416 e. The molecular formula is C28H32F10N6. The molecule has 0 amide bonds. The Morgan fingerprint density at radius 3 is 1.86 bits per heavy atom. The summed E-state index contributed by atoms with van der Waals surface area (Å²) in [6.07, 6.45) is -16.0. The average Bonchev–Trinajstić information content (AvgIpc) is 3.26. The van der Waals surface area contributed by atoms with Crippen molar-refractivity contribution in [3.8, 4) is 0 Å². The van der Waals surface area contributed by atoms with Crippen molar-refractivity contribution in [1.82, 2.24) is 19.9 Å². The average molecular weight is 643 g/mol. The van der Waals surface area contributed by atoms with Crippen LogP contribution in [-0.2, 0) is 31.6 Å². The molecule has 0 aromatic heterocycles. The minimum atomic E-state index is -5.08. The molecule has 0 saturated carbocycles. The van der Waals surface area contributed by atoms with E-state index in [-0.39, 0.29) is 36.6 Å². The maximum absolute atomic E-state index is 13.9. The van der Waals surface area contributed by atoms with Gasteiger partial charge in [-0.3, -0.25) is 9.80 Å². The van der Waals surface area contributed by atoms with E-state index in [1.54, 1.807) is 0 Å². The van der Waals surface area contributed by atoms with E-state index in [0.29, 0.717) is 37.2 Å². The minimum Gasteiger partial charge on any atom is -0.296 e. The van der Waals surface area contributed by atoms with E-state index >= 15 is 0 Å². The number of likely N-dealkylation sites (tertiary alicyclic amines) is 1. The fourth-order valence-corrected chi connectivity index (χ4v) is 5.60. The predicted molar refractivity (Wildman–Crippen MR) is 140 cm³/mol. The Morgan fingerprint density at radius 1 is 0.818 bits per heavy atom. The highest BCUT2D eigenvalue weighted by atomic mass is 19.4. The number of hydrazine groups is 1. The molecule has 2 aromatic rings. The summed E-state index contributed by atoms with van der Waals surface area (Å²) in [5.41, 5.74) is -3.70. The van der Waals surface area contributed by atoms with Gasteiger partial charge in [-0.25, -0.2) is 9.51 Å². The lowest BCUT2D eigenvalue weighted by Crippen LogP contribution is -2.46. The largest absolute Gasteiger partial charge is 0.416 e. The van der Waals surface area contributed by atoms with Gasteiger partial charge in [0.2, 0.25) is 0 Å². The van der Waals surface area contributed by atoms with Gasteiger partial charge in [-0.1, -0.05) is 18.2 Å². The normalized spacial score (nSPS) is 20.2. The Hall–Kier alpha value is -2.98. The van der Waals surface area contributed by atoms with Gasteiger partial charge in [-0.05, 0) is 66.3 Å². The van der Waals surface area contributed by atoms with E-state index in [2.05, 4.69) is 10.3 Å². The van der Waals surface area contributed by atoms with Crippen LogP contribution in [0.4, 0.5) is 43.9 Å². The fourth-order valence-electron chi connectivity index (χ4n) is 5.60. The molecule has 2 aliphatic heterocycles. The van der Waals surface area contributed by atoms with Crippen molar-refractivity contribution in [3.05, 3.63) is 69.8 Å². The van der Waals surface area contributed by atoms with Crippen LogP contribution in [0.15, 0.2) is 46.7 Å². The standard InChI is InChI=1S/C28H32F10N6/c1-4-24(43-9-7-22(29)8-10-43)23-6-5-19(26(30,31)32)13-18(23)16-44(25-39-40-42(3)41(25)2)15-17-11-20(27(33,34)35)14-21(12-17)28(36,37)38/h5-6,11-14,22,24-25H,4,7-10,15-16H2,1-3H3. The molecule has 0 aliphatic carbocycles. The molecule has 16 heteroatoms. The van der Waals surface area contributed by atoms with Crippen molar-refractivity contribution in [2.45, 2.75) is 76.3 Å². The topological polar surface area (TPSA) is 37.7 Å². The second-order valence-corrected chi connectivity index (χ2v) is 11.0. The highest BCUT2D eigenvalue weighted by Crippen LogP contribution is 2.39. The molecule has 44 heavy (non-hydrogen) atoms. The molecule has 0 bridgehead atoms. The number of halogens is 10. The fraction of sp³-hybridized carbons (Fsp3) is 0.571. The van der Waals surface area contributed by atoms with Crippen molar-refractivity contribution < 1.29 is 43.9 Å². The molecule has 2 atom stereocenters. The molecule has 2 aromatic carbocycles. The number of hydrogen-bond acceptors (Lipinski definition) is 6. The third-order valence-corrected chi connectivity index (χ3v) is 7.92. The van der Waals surface area contributed by atoms with Gasteiger partial charge in [0, 0.05) is 46.3 Å². The van der Waals surface area contributed by atoms with Gasteiger partial charge in [-0.2, -0.15) is 44.5 Å². The molecule has 0 N–H and O–H groups in total. The zero-order chi connectivity index (χ0) is 32.6. The van der Waals surface area contributed by atoms with Crippen molar-refractivity contribution in [3.63, 3.8) is 0 Å². The van der Waals surface area contributed by atoms with Gasteiger partial charge < -0.3 is 0 Å². The van der Waals surface area contributed by atoms with Crippen LogP contribution in [0.25, 0.3) is 0 Å². The Morgan fingerprint density at radius 2 is 1.39 bits per heavy atom. The lowest BCUT2D eigenvalue weighted by Gasteiger charge is -2.38. The maximum atomic E-state index is 13.9. The van der Waals surface area contributed by atoms with Crippen molar-refractivity contribution in [1.29, 1.82) is 0 Å². The first-order valence-corrected chi connectivity index (χ1v) is 13.9. The summed E-state index contributed by atoms with van der Waals surface area (Å²) in [6.45, 7) is 1.72. The van der Waals surface area contributed by atoms with E-state index in [4.69, 9.17) is 0 Å². The smallest absolute Gasteiger partial charge is 0.296 e. The molecule has 1 fully saturated rings. The monoisotopic (exact) mass is 642 g/mol. The molecule has 2 aliphatic rings. The number of alkyl halides is 10. The van der Waals surface area contributed by atoms with Crippen LogP contribution >= 0.6 is 0 Å².